The van der Waals surface area contributed by atoms with Crippen LogP contribution in [0.25, 0.3) is 0 Å². The number of likely N-dealkylation sites (N-methyl/N-ethyl adjacent to an activating group) is 1. The number of nitrogens with one attached hydrogen (secondary N) is 1. The molecule has 2 aromatic heterocycles. The standard InChI is InChI=1S/C17H26N6O/c1-12(2)10-23-11-13(9-20-23)8-18-14-7-16(24)21(3)17(14)15-5-6-19-22(15)4/h5-6,9,11-12,14,17-18H,7-8,10H2,1-4H3/t14-,17-/m1/s1. The Morgan fingerprint density at radius 1 is 1.33 bits per heavy atom. The molecule has 7 heteroatoms. The maximum Gasteiger partial charge on any atom is 0.224 e. The van der Waals surface area contributed by atoms with E-state index >= 15 is 0 Å². The normalized spacial score (nSPS) is 21.2. The molecule has 1 aliphatic heterocycles. The van der Waals surface area contributed by atoms with Gasteiger partial charge in [-0.15, -0.1) is 0 Å². The molecule has 2 aromatic rings. The van der Waals surface area contributed by atoms with Crippen LogP contribution in [-0.2, 0) is 24.9 Å². The van der Waals surface area contributed by atoms with E-state index in [0.717, 1.165) is 17.8 Å². The van der Waals surface area contributed by atoms with E-state index in [4.69, 9.17) is 0 Å². The summed E-state index contributed by atoms with van der Waals surface area (Å²) in [6, 6.07) is 2.07. The first kappa shape index (κ1) is 16.7. The minimum Gasteiger partial charge on any atom is -0.336 e. The minimum atomic E-state index is 0.00992. The van der Waals surface area contributed by atoms with Crippen LogP contribution in [0.5, 0.6) is 0 Å². The third kappa shape index (κ3) is 3.36. The van der Waals surface area contributed by atoms with E-state index < -0.39 is 0 Å². The van der Waals surface area contributed by atoms with Gasteiger partial charge in [-0.05, 0) is 12.0 Å². The van der Waals surface area contributed by atoms with Crippen molar-refractivity contribution in [2.45, 2.75) is 45.4 Å². The molecule has 1 aliphatic rings. The Hall–Kier alpha value is -2.15. The molecule has 3 rings (SSSR count). The molecule has 1 fully saturated rings. The summed E-state index contributed by atoms with van der Waals surface area (Å²) in [5, 5.41) is 12.2. The number of aromatic nitrogens is 4. The molecule has 7 nitrogen and oxygen atoms in total. The molecule has 0 aromatic carbocycles. The molecule has 1 saturated heterocycles. The molecule has 2 atom stereocenters. The highest BCUT2D eigenvalue weighted by Crippen LogP contribution is 2.31. The molecule has 0 saturated carbocycles. The second-order valence-electron chi connectivity index (χ2n) is 6.99. The number of carbonyl (C=O) groups excluding carboxylic acids is 1. The molecule has 0 radical (unpaired) electrons. The molecular weight excluding hydrogens is 304 g/mol. The molecule has 0 bridgehead atoms. The fourth-order valence-electron chi connectivity index (χ4n) is 3.35. The van der Waals surface area contributed by atoms with Crippen molar-refractivity contribution >= 4 is 5.91 Å². The summed E-state index contributed by atoms with van der Waals surface area (Å²) in [4.78, 5) is 14.0. The Morgan fingerprint density at radius 2 is 2.12 bits per heavy atom. The second-order valence-corrected chi connectivity index (χ2v) is 6.99. The van der Waals surface area contributed by atoms with Crippen molar-refractivity contribution in [2.24, 2.45) is 13.0 Å². The maximum atomic E-state index is 12.2. The number of aryl methyl sites for hydroxylation is 1. The van der Waals surface area contributed by atoms with E-state index in [1.54, 1.807) is 6.20 Å². The van der Waals surface area contributed by atoms with E-state index in [-0.39, 0.29) is 18.0 Å². The summed E-state index contributed by atoms with van der Waals surface area (Å²) < 4.78 is 3.82. The van der Waals surface area contributed by atoms with Crippen molar-refractivity contribution in [3.8, 4) is 0 Å². The Morgan fingerprint density at radius 3 is 2.79 bits per heavy atom. The van der Waals surface area contributed by atoms with E-state index in [2.05, 4.69) is 35.6 Å². The lowest BCUT2D eigenvalue weighted by Gasteiger charge is -2.25. The predicted octanol–water partition coefficient (Wildman–Crippen LogP) is 1.33. The van der Waals surface area contributed by atoms with Crippen molar-refractivity contribution in [3.05, 3.63) is 35.9 Å². The highest BCUT2D eigenvalue weighted by Gasteiger charge is 2.39. The number of carbonyl (C=O) groups is 1. The van der Waals surface area contributed by atoms with Gasteiger partial charge in [0.15, 0.2) is 0 Å². The van der Waals surface area contributed by atoms with E-state index in [0.29, 0.717) is 18.9 Å². The Labute approximate surface area is 142 Å². The van der Waals surface area contributed by atoms with Gasteiger partial charge in [-0.25, -0.2) is 0 Å². The Kier molecular flexibility index (Phi) is 4.71. The molecule has 24 heavy (non-hydrogen) atoms. The molecule has 0 unspecified atom stereocenters. The van der Waals surface area contributed by atoms with E-state index in [1.807, 2.05) is 40.6 Å². The zero-order chi connectivity index (χ0) is 17.3. The topological polar surface area (TPSA) is 68.0 Å². The average Bonchev–Trinajstić information content (AvgIpc) is 3.19. The van der Waals surface area contributed by atoms with Crippen LogP contribution in [0, 0.1) is 5.92 Å². The highest BCUT2D eigenvalue weighted by molar-refractivity contribution is 5.80. The number of hydrogen-bond donors (Lipinski definition) is 1. The van der Waals surface area contributed by atoms with Crippen molar-refractivity contribution in [2.75, 3.05) is 7.05 Å². The van der Waals surface area contributed by atoms with Gasteiger partial charge >= 0.3 is 0 Å². The van der Waals surface area contributed by atoms with Gasteiger partial charge in [0, 0.05) is 57.6 Å². The van der Waals surface area contributed by atoms with Crippen molar-refractivity contribution in [1.82, 2.24) is 29.8 Å². The summed E-state index contributed by atoms with van der Waals surface area (Å²) in [6.45, 7) is 5.98. The van der Waals surface area contributed by atoms with Crippen LogP contribution in [0.4, 0.5) is 0 Å². The average molecular weight is 330 g/mol. The molecule has 130 valence electrons. The van der Waals surface area contributed by atoms with Gasteiger partial charge in [0.05, 0.1) is 17.9 Å². The van der Waals surface area contributed by atoms with Gasteiger partial charge in [-0.3, -0.25) is 14.2 Å². The summed E-state index contributed by atoms with van der Waals surface area (Å²) >= 11 is 0. The number of nitrogens with zero attached hydrogens (tertiary/aromatic N) is 5. The highest BCUT2D eigenvalue weighted by atomic mass is 16.2. The number of likely N-dealkylation sites (tertiary alicyclic amines) is 1. The molecule has 1 amide bonds. The zero-order valence-corrected chi connectivity index (χ0v) is 14.8. The lowest BCUT2D eigenvalue weighted by Crippen LogP contribution is -2.35. The molecule has 0 spiro atoms. The van der Waals surface area contributed by atoms with Crippen molar-refractivity contribution in [3.63, 3.8) is 0 Å². The fourth-order valence-corrected chi connectivity index (χ4v) is 3.35. The van der Waals surface area contributed by atoms with Crippen LogP contribution in [-0.4, -0.2) is 43.5 Å². The maximum absolute atomic E-state index is 12.2. The van der Waals surface area contributed by atoms with Crippen LogP contribution < -0.4 is 5.32 Å². The van der Waals surface area contributed by atoms with E-state index in [1.165, 1.54) is 0 Å². The van der Waals surface area contributed by atoms with Crippen molar-refractivity contribution in [1.29, 1.82) is 0 Å². The summed E-state index contributed by atoms with van der Waals surface area (Å²) in [5.74, 6) is 0.732. The van der Waals surface area contributed by atoms with Crippen LogP contribution in [0.1, 0.15) is 37.6 Å². The summed E-state index contributed by atoms with van der Waals surface area (Å²) in [7, 11) is 3.78. The van der Waals surface area contributed by atoms with Crippen LogP contribution >= 0.6 is 0 Å². The summed E-state index contributed by atoms with van der Waals surface area (Å²) in [5.41, 5.74) is 2.19. The van der Waals surface area contributed by atoms with Crippen molar-refractivity contribution < 1.29 is 4.79 Å². The second kappa shape index (κ2) is 6.76. The minimum absolute atomic E-state index is 0.00992. The third-order valence-corrected chi connectivity index (χ3v) is 4.56. The first-order chi connectivity index (χ1) is 11.5. The number of amides is 1. The molecule has 0 aliphatic carbocycles. The quantitative estimate of drug-likeness (QED) is 0.868. The van der Waals surface area contributed by atoms with Crippen LogP contribution in [0.15, 0.2) is 24.7 Å². The van der Waals surface area contributed by atoms with Crippen LogP contribution in [0.3, 0.4) is 0 Å². The predicted molar refractivity (Wildman–Crippen MR) is 91.0 cm³/mol. The van der Waals surface area contributed by atoms with Gasteiger partial charge in [-0.1, -0.05) is 13.8 Å². The number of hydrogen-bond acceptors (Lipinski definition) is 4. The molecule has 1 N–H and O–H groups in total. The third-order valence-electron chi connectivity index (χ3n) is 4.56. The molecule has 3 heterocycles. The number of rotatable bonds is 6. The largest absolute Gasteiger partial charge is 0.336 e. The van der Waals surface area contributed by atoms with E-state index in [9.17, 15) is 4.79 Å². The van der Waals surface area contributed by atoms with Crippen LogP contribution in [0.2, 0.25) is 0 Å². The Balaban J connectivity index is 1.68. The first-order valence-corrected chi connectivity index (χ1v) is 8.44. The lowest BCUT2D eigenvalue weighted by molar-refractivity contribution is -0.127. The fraction of sp³-hybridized carbons (Fsp3) is 0.588. The summed E-state index contributed by atoms with van der Waals surface area (Å²) in [6.07, 6.45) is 6.26. The SMILES string of the molecule is CC(C)Cn1cc(CN[C@@H]2CC(=O)N(C)[C@H]2c2ccnn2C)cn1. The monoisotopic (exact) mass is 330 g/mol. The first-order valence-electron chi connectivity index (χ1n) is 8.44. The van der Waals surface area contributed by atoms with Gasteiger partial charge in [-0.2, -0.15) is 10.2 Å². The van der Waals surface area contributed by atoms with Gasteiger partial charge < -0.3 is 10.2 Å². The molecular formula is C17H26N6O. The van der Waals surface area contributed by atoms with Gasteiger partial charge in [0.1, 0.15) is 0 Å². The van der Waals surface area contributed by atoms with Gasteiger partial charge in [0.25, 0.3) is 0 Å². The smallest absolute Gasteiger partial charge is 0.224 e. The Bertz CT molecular complexity index is 704. The van der Waals surface area contributed by atoms with Gasteiger partial charge in [0.2, 0.25) is 5.91 Å². The zero-order valence-electron chi connectivity index (χ0n) is 14.8. The lowest BCUT2D eigenvalue weighted by atomic mass is 10.1.